The number of carbonyl (C=O) groups excluding carboxylic acids is 1. The van der Waals surface area contributed by atoms with Crippen LogP contribution in [-0.4, -0.2) is 46.1 Å². The molecule has 5 rings (SSSR count). The predicted octanol–water partition coefficient (Wildman–Crippen LogP) is 2.81. The van der Waals surface area contributed by atoms with Crippen molar-refractivity contribution in [3.8, 4) is 0 Å². The molecule has 0 radical (unpaired) electrons. The minimum atomic E-state index is -0.0420. The van der Waals surface area contributed by atoms with Crippen LogP contribution in [-0.2, 0) is 24.0 Å². The fourth-order valence-corrected chi connectivity index (χ4v) is 4.71. The molecule has 1 aliphatic carbocycles. The lowest BCUT2D eigenvalue weighted by atomic mass is 9.82. The van der Waals surface area contributed by atoms with Crippen LogP contribution in [0.4, 0.5) is 0 Å². The lowest BCUT2D eigenvalue weighted by molar-refractivity contribution is -0.172. The maximum absolute atomic E-state index is 12.7. The first-order valence-corrected chi connectivity index (χ1v) is 9.90. The molecule has 2 saturated heterocycles. The largest absolute Gasteiger partial charge is 0.376 e. The minimum absolute atomic E-state index is 0.0317. The van der Waals surface area contributed by atoms with E-state index < -0.39 is 0 Å². The highest BCUT2D eigenvalue weighted by Gasteiger charge is 2.53. The molecule has 3 heterocycles. The number of hydrogen-bond acceptors (Lipinski definition) is 4. The molecule has 1 amide bonds. The molecular formula is C20H20BrN3O2. The zero-order valence-electron chi connectivity index (χ0n) is 14.4. The topological polar surface area (TPSA) is 55.3 Å². The first-order valence-electron chi connectivity index (χ1n) is 9.11. The van der Waals surface area contributed by atoms with Crippen LogP contribution in [0.3, 0.4) is 0 Å². The van der Waals surface area contributed by atoms with Crippen molar-refractivity contribution in [1.29, 1.82) is 0 Å². The summed E-state index contributed by atoms with van der Waals surface area (Å²) in [4.78, 5) is 23.5. The minimum Gasteiger partial charge on any atom is -0.376 e. The van der Waals surface area contributed by atoms with E-state index in [1.807, 2.05) is 4.90 Å². The van der Waals surface area contributed by atoms with Gasteiger partial charge in [0, 0.05) is 29.8 Å². The van der Waals surface area contributed by atoms with Gasteiger partial charge < -0.3 is 9.64 Å². The van der Waals surface area contributed by atoms with Crippen LogP contribution in [0.15, 0.2) is 35.1 Å². The number of ether oxygens (including phenoxy) is 1. The van der Waals surface area contributed by atoms with E-state index in [1.165, 1.54) is 11.1 Å². The molecule has 2 aromatic rings. The molecule has 1 aromatic carbocycles. The van der Waals surface area contributed by atoms with Gasteiger partial charge in [-0.1, -0.05) is 22.0 Å². The van der Waals surface area contributed by atoms with Gasteiger partial charge in [0.25, 0.3) is 5.91 Å². The van der Waals surface area contributed by atoms with Crippen molar-refractivity contribution in [2.24, 2.45) is 5.92 Å². The Balaban J connectivity index is 1.24. The summed E-state index contributed by atoms with van der Waals surface area (Å²) in [5.41, 5.74) is 3.38. The number of rotatable bonds is 3. The Morgan fingerprint density at radius 1 is 1.23 bits per heavy atom. The van der Waals surface area contributed by atoms with E-state index in [2.05, 4.69) is 44.1 Å². The van der Waals surface area contributed by atoms with Gasteiger partial charge >= 0.3 is 0 Å². The summed E-state index contributed by atoms with van der Waals surface area (Å²) in [6, 6.07) is 6.52. The molecule has 1 atom stereocenters. The van der Waals surface area contributed by atoms with Crippen molar-refractivity contribution in [2.75, 3.05) is 19.8 Å². The summed E-state index contributed by atoms with van der Waals surface area (Å²) in [5, 5.41) is 0. The number of fused-ring (bicyclic) bond motifs is 1. The zero-order chi connectivity index (χ0) is 17.7. The fraction of sp³-hybridized carbons (Fsp3) is 0.450. The summed E-state index contributed by atoms with van der Waals surface area (Å²) >= 11 is 3.54. The van der Waals surface area contributed by atoms with Gasteiger partial charge in [0.15, 0.2) is 0 Å². The number of amides is 1. The highest BCUT2D eigenvalue weighted by molar-refractivity contribution is 9.10. The summed E-state index contributed by atoms with van der Waals surface area (Å²) < 4.78 is 6.43. The van der Waals surface area contributed by atoms with E-state index in [1.54, 1.807) is 12.4 Å². The van der Waals surface area contributed by atoms with E-state index in [0.717, 1.165) is 42.5 Å². The maximum atomic E-state index is 12.7. The number of carbonyl (C=O) groups is 1. The number of aromatic nitrogens is 2. The van der Waals surface area contributed by atoms with Crippen molar-refractivity contribution in [1.82, 2.24) is 14.9 Å². The van der Waals surface area contributed by atoms with Gasteiger partial charge in [-0.2, -0.15) is 0 Å². The van der Waals surface area contributed by atoms with Crippen LogP contribution in [0, 0.1) is 5.92 Å². The first kappa shape index (κ1) is 16.4. The van der Waals surface area contributed by atoms with E-state index in [4.69, 9.17) is 4.74 Å². The van der Waals surface area contributed by atoms with Crippen LogP contribution in [0.5, 0.6) is 0 Å². The third-order valence-corrected chi connectivity index (χ3v) is 6.46. The molecule has 5 nitrogen and oxygen atoms in total. The van der Waals surface area contributed by atoms with Crippen molar-refractivity contribution < 1.29 is 9.53 Å². The normalized spacial score (nSPS) is 22.7. The number of halogens is 1. The lowest BCUT2D eigenvalue weighted by Gasteiger charge is -2.57. The van der Waals surface area contributed by atoms with Gasteiger partial charge in [-0.3, -0.25) is 4.79 Å². The Labute approximate surface area is 160 Å². The molecule has 2 fully saturated rings. The monoisotopic (exact) mass is 413 g/mol. The number of nitrogens with zero attached hydrogens (tertiary/aromatic N) is 3. The number of hydrogen-bond donors (Lipinski definition) is 0. The van der Waals surface area contributed by atoms with E-state index in [0.29, 0.717) is 24.7 Å². The van der Waals surface area contributed by atoms with Crippen LogP contribution in [0.2, 0.25) is 0 Å². The van der Waals surface area contributed by atoms with Crippen LogP contribution in [0.25, 0.3) is 0 Å². The Hall–Kier alpha value is -1.79. The second-order valence-corrected chi connectivity index (χ2v) is 8.62. The van der Waals surface area contributed by atoms with Crippen LogP contribution in [0.1, 0.15) is 33.7 Å². The lowest BCUT2D eigenvalue weighted by Crippen LogP contribution is -2.72. The third kappa shape index (κ3) is 2.67. The van der Waals surface area contributed by atoms with E-state index in [-0.39, 0.29) is 11.4 Å². The highest BCUT2D eigenvalue weighted by Crippen LogP contribution is 2.38. The second-order valence-electron chi connectivity index (χ2n) is 7.70. The van der Waals surface area contributed by atoms with Gasteiger partial charge in [0.1, 0.15) is 5.82 Å². The standard InChI is InChI=1S/C20H20BrN3O2/c21-17-2-1-14-5-13(6-15(14)8-17)7-18-22-9-16(10-23-18)19(25)24-4-3-20(24)11-26-12-20/h1-2,8-10,13H,3-7,11-12H2. The highest BCUT2D eigenvalue weighted by atomic mass is 79.9. The van der Waals surface area contributed by atoms with Crippen molar-refractivity contribution in [3.05, 3.63) is 57.6 Å². The Bertz CT molecular complexity index is 858. The average molecular weight is 414 g/mol. The summed E-state index contributed by atoms with van der Waals surface area (Å²) in [7, 11) is 0. The van der Waals surface area contributed by atoms with Crippen molar-refractivity contribution >= 4 is 21.8 Å². The molecule has 0 bridgehead atoms. The molecule has 1 spiro atoms. The van der Waals surface area contributed by atoms with Gasteiger partial charge in [-0.15, -0.1) is 0 Å². The molecule has 2 aliphatic heterocycles. The molecular weight excluding hydrogens is 394 g/mol. The zero-order valence-corrected chi connectivity index (χ0v) is 16.0. The van der Waals surface area contributed by atoms with Crippen LogP contribution < -0.4 is 0 Å². The molecule has 6 heteroatoms. The average Bonchev–Trinajstić information content (AvgIpc) is 2.94. The van der Waals surface area contributed by atoms with Crippen molar-refractivity contribution in [2.45, 2.75) is 31.2 Å². The molecule has 3 aliphatic rings. The molecule has 134 valence electrons. The molecule has 0 saturated carbocycles. The summed E-state index contributed by atoms with van der Waals surface area (Å²) in [6.45, 7) is 2.13. The SMILES string of the molecule is O=C(c1cnc(CC2Cc3ccc(Br)cc3C2)nc1)N1CCC12COC2. The molecule has 0 N–H and O–H groups in total. The van der Waals surface area contributed by atoms with Gasteiger partial charge in [0.05, 0.1) is 24.3 Å². The quantitative estimate of drug-likeness (QED) is 0.775. The van der Waals surface area contributed by atoms with Crippen molar-refractivity contribution in [3.63, 3.8) is 0 Å². The van der Waals surface area contributed by atoms with E-state index >= 15 is 0 Å². The molecule has 1 unspecified atom stereocenters. The summed E-state index contributed by atoms with van der Waals surface area (Å²) in [6.07, 6.45) is 7.40. The fourth-order valence-electron chi connectivity index (χ4n) is 4.30. The smallest absolute Gasteiger partial charge is 0.257 e. The Kier molecular flexibility index (Phi) is 3.87. The Morgan fingerprint density at radius 3 is 2.65 bits per heavy atom. The number of benzene rings is 1. The van der Waals surface area contributed by atoms with Gasteiger partial charge in [-0.25, -0.2) is 9.97 Å². The Morgan fingerprint density at radius 2 is 2.00 bits per heavy atom. The van der Waals surface area contributed by atoms with Gasteiger partial charge in [-0.05, 0) is 48.4 Å². The first-order chi connectivity index (χ1) is 12.6. The predicted molar refractivity (Wildman–Crippen MR) is 100.0 cm³/mol. The molecule has 26 heavy (non-hydrogen) atoms. The third-order valence-electron chi connectivity index (χ3n) is 5.97. The summed E-state index contributed by atoms with van der Waals surface area (Å²) in [5.74, 6) is 1.39. The second kappa shape index (κ2) is 6.13. The van der Waals surface area contributed by atoms with E-state index in [9.17, 15) is 4.79 Å². The van der Waals surface area contributed by atoms with Crippen LogP contribution >= 0.6 is 15.9 Å². The number of likely N-dealkylation sites (tertiary alicyclic amines) is 1. The molecule has 1 aromatic heterocycles. The van der Waals surface area contributed by atoms with Gasteiger partial charge in [0.2, 0.25) is 0 Å². The maximum Gasteiger partial charge on any atom is 0.257 e.